The van der Waals surface area contributed by atoms with E-state index in [9.17, 15) is 0 Å². The summed E-state index contributed by atoms with van der Waals surface area (Å²) in [5.74, 6) is 1.62. The molecule has 1 aromatic heterocycles. The minimum atomic E-state index is 0.758. The second kappa shape index (κ2) is 6.61. The number of anilines is 1. The summed E-state index contributed by atoms with van der Waals surface area (Å²) in [6, 6.07) is 7.80. The van der Waals surface area contributed by atoms with Crippen LogP contribution in [0.25, 0.3) is 0 Å². The molecule has 1 heterocycles. The molecule has 0 atom stereocenters. The van der Waals surface area contributed by atoms with Crippen molar-refractivity contribution in [2.45, 2.75) is 17.6 Å². The van der Waals surface area contributed by atoms with Crippen LogP contribution < -0.4 is 5.32 Å². The Morgan fingerprint density at radius 3 is 2.56 bits per heavy atom. The highest BCUT2D eigenvalue weighted by Crippen LogP contribution is 2.23. The summed E-state index contributed by atoms with van der Waals surface area (Å²) in [7, 11) is 0. The highest BCUT2D eigenvalue weighted by atomic mass is 35.5. The number of nitrogens with one attached hydrogen (secondary N) is 1. The first-order chi connectivity index (χ1) is 8.78. The number of hydrogen-bond acceptors (Lipinski definition) is 4. The Bertz CT molecular complexity index is 485. The monoisotopic (exact) mass is 279 g/mol. The summed E-state index contributed by atoms with van der Waals surface area (Å²) < 4.78 is 0. The molecule has 0 bridgehead atoms. The molecule has 0 radical (unpaired) electrons. The van der Waals surface area contributed by atoms with E-state index in [0.29, 0.717) is 0 Å². The third-order valence-corrected chi connectivity index (χ3v) is 3.56. The molecule has 94 valence electrons. The molecule has 0 aliphatic heterocycles. The summed E-state index contributed by atoms with van der Waals surface area (Å²) in [5.41, 5.74) is 0.969. The predicted octanol–water partition coefficient (Wildman–Crippen LogP) is 3.85. The third kappa shape index (κ3) is 3.89. The van der Waals surface area contributed by atoms with E-state index < -0.39 is 0 Å². The van der Waals surface area contributed by atoms with Gasteiger partial charge in [0.1, 0.15) is 5.82 Å². The number of thioether (sulfide) groups is 1. The van der Waals surface area contributed by atoms with Gasteiger partial charge < -0.3 is 5.32 Å². The van der Waals surface area contributed by atoms with Crippen molar-refractivity contribution in [3.8, 4) is 0 Å². The van der Waals surface area contributed by atoms with Crippen LogP contribution in [-0.2, 0) is 5.75 Å². The minimum absolute atomic E-state index is 0.758. The molecule has 0 amide bonds. The van der Waals surface area contributed by atoms with Crippen molar-refractivity contribution in [3.63, 3.8) is 0 Å². The van der Waals surface area contributed by atoms with Gasteiger partial charge in [0.2, 0.25) is 0 Å². The summed E-state index contributed by atoms with van der Waals surface area (Å²) in [6.07, 6.45) is 3.57. The van der Waals surface area contributed by atoms with E-state index in [-0.39, 0.29) is 0 Å². The van der Waals surface area contributed by atoms with Crippen molar-refractivity contribution >= 4 is 29.2 Å². The van der Waals surface area contributed by atoms with Crippen molar-refractivity contribution in [2.24, 2.45) is 0 Å². The van der Waals surface area contributed by atoms with Crippen molar-refractivity contribution in [1.82, 2.24) is 9.97 Å². The molecule has 2 rings (SSSR count). The summed E-state index contributed by atoms with van der Waals surface area (Å²) in [6.45, 7) is 2.89. The Balaban J connectivity index is 1.91. The van der Waals surface area contributed by atoms with E-state index in [2.05, 4.69) is 15.3 Å². The van der Waals surface area contributed by atoms with Crippen LogP contribution >= 0.6 is 23.4 Å². The highest BCUT2D eigenvalue weighted by molar-refractivity contribution is 7.98. The predicted molar refractivity (Wildman–Crippen MR) is 77.2 cm³/mol. The maximum Gasteiger partial charge on any atom is 0.144 e. The van der Waals surface area contributed by atoms with Gasteiger partial charge >= 0.3 is 0 Å². The largest absolute Gasteiger partial charge is 0.369 e. The van der Waals surface area contributed by atoms with E-state index in [1.165, 1.54) is 4.90 Å². The van der Waals surface area contributed by atoms with Gasteiger partial charge in [-0.2, -0.15) is 0 Å². The topological polar surface area (TPSA) is 37.8 Å². The second-order valence-corrected chi connectivity index (χ2v) is 5.15. The fraction of sp³-hybridized carbons (Fsp3) is 0.231. The van der Waals surface area contributed by atoms with Gasteiger partial charge in [0.05, 0.1) is 18.1 Å². The van der Waals surface area contributed by atoms with Gasteiger partial charge in [-0.25, -0.2) is 4.98 Å². The molecule has 0 fully saturated rings. The maximum atomic E-state index is 5.84. The van der Waals surface area contributed by atoms with Crippen molar-refractivity contribution in [3.05, 3.63) is 47.4 Å². The number of nitrogens with zero attached hydrogens (tertiary/aromatic N) is 2. The first-order valence-electron chi connectivity index (χ1n) is 5.71. The number of benzene rings is 1. The van der Waals surface area contributed by atoms with E-state index in [1.54, 1.807) is 24.2 Å². The molecule has 18 heavy (non-hydrogen) atoms. The second-order valence-electron chi connectivity index (χ2n) is 3.67. The first kappa shape index (κ1) is 13.2. The van der Waals surface area contributed by atoms with Crippen LogP contribution in [0.1, 0.15) is 12.6 Å². The van der Waals surface area contributed by atoms with Gasteiger partial charge in [-0.15, -0.1) is 11.8 Å². The number of halogens is 1. The molecule has 0 saturated heterocycles. The zero-order chi connectivity index (χ0) is 12.8. The quantitative estimate of drug-likeness (QED) is 0.844. The SMILES string of the molecule is CCNc1cnc(CSc2ccc(Cl)cc2)cn1. The van der Waals surface area contributed by atoms with Gasteiger partial charge in [-0.1, -0.05) is 11.6 Å². The van der Waals surface area contributed by atoms with Crippen LogP contribution in [0.4, 0.5) is 5.82 Å². The van der Waals surface area contributed by atoms with Gasteiger partial charge in [0.15, 0.2) is 0 Å². The van der Waals surface area contributed by atoms with Crippen molar-refractivity contribution in [2.75, 3.05) is 11.9 Å². The van der Waals surface area contributed by atoms with E-state index >= 15 is 0 Å². The van der Waals surface area contributed by atoms with E-state index in [0.717, 1.165) is 28.8 Å². The van der Waals surface area contributed by atoms with E-state index in [1.807, 2.05) is 31.2 Å². The molecule has 0 saturated carbocycles. The fourth-order valence-electron chi connectivity index (χ4n) is 1.39. The lowest BCUT2D eigenvalue weighted by Crippen LogP contribution is -2.00. The molecule has 1 N–H and O–H groups in total. The van der Waals surface area contributed by atoms with Crippen LogP contribution in [0, 0.1) is 0 Å². The van der Waals surface area contributed by atoms with Crippen LogP contribution in [0.3, 0.4) is 0 Å². The Hall–Kier alpha value is -1.26. The molecule has 1 aromatic carbocycles. The van der Waals surface area contributed by atoms with Gasteiger partial charge in [0, 0.05) is 22.2 Å². The number of aromatic nitrogens is 2. The molecule has 0 aliphatic rings. The Labute approximate surface area is 116 Å². The van der Waals surface area contributed by atoms with Crippen LogP contribution in [0.5, 0.6) is 0 Å². The summed E-state index contributed by atoms with van der Waals surface area (Å²) in [5, 5.41) is 3.88. The number of rotatable bonds is 5. The average molecular weight is 280 g/mol. The van der Waals surface area contributed by atoms with Crippen LogP contribution in [-0.4, -0.2) is 16.5 Å². The third-order valence-electron chi connectivity index (χ3n) is 2.26. The molecular formula is C13H14ClN3S. The lowest BCUT2D eigenvalue weighted by molar-refractivity contribution is 1.07. The van der Waals surface area contributed by atoms with Crippen LogP contribution in [0.15, 0.2) is 41.6 Å². The van der Waals surface area contributed by atoms with Crippen LogP contribution in [0.2, 0.25) is 5.02 Å². The molecule has 0 aliphatic carbocycles. The smallest absolute Gasteiger partial charge is 0.144 e. The lowest BCUT2D eigenvalue weighted by Gasteiger charge is -2.04. The zero-order valence-corrected chi connectivity index (χ0v) is 11.6. The number of hydrogen-bond donors (Lipinski definition) is 1. The van der Waals surface area contributed by atoms with Gasteiger partial charge in [0.25, 0.3) is 0 Å². The highest BCUT2D eigenvalue weighted by Gasteiger charge is 1.99. The molecule has 5 heteroatoms. The summed E-state index contributed by atoms with van der Waals surface area (Å²) >= 11 is 7.56. The van der Waals surface area contributed by atoms with E-state index in [4.69, 9.17) is 11.6 Å². The molecule has 0 unspecified atom stereocenters. The Morgan fingerprint density at radius 1 is 1.17 bits per heavy atom. The maximum absolute atomic E-state index is 5.84. The molecule has 0 spiro atoms. The fourth-order valence-corrected chi connectivity index (χ4v) is 2.31. The average Bonchev–Trinajstić information content (AvgIpc) is 2.40. The molecular weight excluding hydrogens is 266 g/mol. The Morgan fingerprint density at radius 2 is 1.94 bits per heavy atom. The standard InChI is InChI=1S/C13H14ClN3S/c1-2-15-13-8-16-11(7-17-13)9-18-12-5-3-10(14)4-6-12/h3-8H,2,9H2,1H3,(H,15,17). The van der Waals surface area contributed by atoms with Gasteiger partial charge in [-0.3, -0.25) is 4.98 Å². The summed E-state index contributed by atoms with van der Waals surface area (Å²) in [4.78, 5) is 9.82. The zero-order valence-electron chi connectivity index (χ0n) is 10.1. The van der Waals surface area contributed by atoms with Gasteiger partial charge in [-0.05, 0) is 31.2 Å². The Kier molecular flexibility index (Phi) is 4.84. The van der Waals surface area contributed by atoms with Crippen molar-refractivity contribution in [1.29, 1.82) is 0 Å². The van der Waals surface area contributed by atoms with Crippen molar-refractivity contribution < 1.29 is 0 Å². The lowest BCUT2D eigenvalue weighted by atomic mass is 10.4. The normalized spacial score (nSPS) is 10.3. The molecule has 3 nitrogen and oxygen atoms in total. The first-order valence-corrected chi connectivity index (χ1v) is 7.07. The minimum Gasteiger partial charge on any atom is -0.369 e. The molecule has 2 aromatic rings.